The fourth-order valence-corrected chi connectivity index (χ4v) is 2.89. The molecular formula is C17H18N2O. The van der Waals surface area contributed by atoms with Crippen LogP contribution in [0.3, 0.4) is 0 Å². The van der Waals surface area contributed by atoms with E-state index in [-0.39, 0.29) is 11.9 Å². The molecule has 0 radical (unpaired) electrons. The summed E-state index contributed by atoms with van der Waals surface area (Å²) in [5.41, 5.74) is 12.8. The van der Waals surface area contributed by atoms with E-state index in [2.05, 4.69) is 30.4 Å². The summed E-state index contributed by atoms with van der Waals surface area (Å²) in [5, 5.41) is 2.94. The van der Waals surface area contributed by atoms with Crippen molar-refractivity contribution >= 4 is 11.6 Å². The van der Waals surface area contributed by atoms with Gasteiger partial charge in [0.1, 0.15) is 0 Å². The summed E-state index contributed by atoms with van der Waals surface area (Å²) in [7, 11) is 0. The first-order valence-corrected chi connectivity index (χ1v) is 6.80. The standard InChI is InChI=1S/C17H18N2O/c1-10-7-12-9-15(20)19-17(12)14(8-10)16(18)13-6-4-3-5-11(13)2/h3-8,16H,9,18H2,1-2H3,(H,19,20). The minimum absolute atomic E-state index is 0.0452. The highest BCUT2D eigenvalue weighted by Crippen LogP contribution is 2.35. The lowest BCUT2D eigenvalue weighted by atomic mass is 9.92. The Morgan fingerprint density at radius 1 is 1.15 bits per heavy atom. The number of benzene rings is 2. The quantitative estimate of drug-likeness (QED) is 0.878. The maximum absolute atomic E-state index is 11.6. The second-order valence-corrected chi connectivity index (χ2v) is 5.45. The molecule has 2 aromatic rings. The molecule has 1 aliphatic heterocycles. The maximum atomic E-state index is 11.6. The van der Waals surface area contributed by atoms with Crippen molar-refractivity contribution in [1.29, 1.82) is 0 Å². The molecule has 1 atom stereocenters. The Labute approximate surface area is 118 Å². The van der Waals surface area contributed by atoms with Gasteiger partial charge in [-0.15, -0.1) is 0 Å². The molecule has 3 rings (SSSR count). The molecule has 0 aliphatic carbocycles. The van der Waals surface area contributed by atoms with Crippen LogP contribution in [-0.4, -0.2) is 5.91 Å². The highest BCUT2D eigenvalue weighted by molar-refractivity contribution is 6.00. The number of nitrogens with two attached hydrogens (primary N) is 1. The molecule has 0 saturated carbocycles. The number of rotatable bonds is 2. The van der Waals surface area contributed by atoms with Gasteiger partial charge in [-0.3, -0.25) is 4.79 Å². The second kappa shape index (κ2) is 4.76. The lowest BCUT2D eigenvalue weighted by Crippen LogP contribution is -2.16. The van der Waals surface area contributed by atoms with Crippen molar-refractivity contribution in [2.75, 3.05) is 5.32 Å². The minimum Gasteiger partial charge on any atom is -0.325 e. The van der Waals surface area contributed by atoms with E-state index >= 15 is 0 Å². The van der Waals surface area contributed by atoms with Crippen LogP contribution in [0.1, 0.15) is 33.9 Å². The summed E-state index contributed by atoms with van der Waals surface area (Å²) in [6.07, 6.45) is 0.449. The van der Waals surface area contributed by atoms with Crippen LogP contribution in [0.15, 0.2) is 36.4 Å². The van der Waals surface area contributed by atoms with Gasteiger partial charge >= 0.3 is 0 Å². The van der Waals surface area contributed by atoms with E-state index in [1.165, 1.54) is 5.56 Å². The van der Waals surface area contributed by atoms with Crippen molar-refractivity contribution in [3.8, 4) is 0 Å². The summed E-state index contributed by atoms with van der Waals surface area (Å²) >= 11 is 0. The summed E-state index contributed by atoms with van der Waals surface area (Å²) < 4.78 is 0. The van der Waals surface area contributed by atoms with Crippen LogP contribution in [0.5, 0.6) is 0 Å². The van der Waals surface area contributed by atoms with Crippen LogP contribution < -0.4 is 11.1 Å². The number of anilines is 1. The van der Waals surface area contributed by atoms with Gasteiger partial charge in [0.15, 0.2) is 0 Å². The number of nitrogens with one attached hydrogen (secondary N) is 1. The average molecular weight is 266 g/mol. The Morgan fingerprint density at radius 2 is 1.90 bits per heavy atom. The topological polar surface area (TPSA) is 55.1 Å². The first-order valence-electron chi connectivity index (χ1n) is 6.80. The van der Waals surface area contributed by atoms with Crippen molar-refractivity contribution in [2.24, 2.45) is 5.73 Å². The van der Waals surface area contributed by atoms with Gasteiger partial charge in [0, 0.05) is 5.69 Å². The van der Waals surface area contributed by atoms with Crippen LogP contribution >= 0.6 is 0 Å². The van der Waals surface area contributed by atoms with E-state index in [1.807, 2.05) is 25.1 Å². The monoisotopic (exact) mass is 266 g/mol. The molecule has 102 valence electrons. The summed E-state index contributed by atoms with van der Waals surface area (Å²) in [6, 6.07) is 12.0. The number of hydrogen-bond donors (Lipinski definition) is 2. The van der Waals surface area contributed by atoms with E-state index in [4.69, 9.17) is 5.73 Å². The molecule has 0 fully saturated rings. The van der Waals surface area contributed by atoms with Gasteiger partial charge in [-0.25, -0.2) is 0 Å². The van der Waals surface area contributed by atoms with E-state index < -0.39 is 0 Å². The Balaban J connectivity index is 2.12. The molecule has 3 heteroatoms. The van der Waals surface area contributed by atoms with Gasteiger partial charge in [-0.05, 0) is 36.1 Å². The zero-order valence-corrected chi connectivity index (χ0v) is 11.7. The van der Waals surface area contributed by atoms with Gasteiger partial charge in [0.25, 0.3) is 0 Å². The van der Waals surface area contributed by atoms with Crippen LogP contribution in [-0.2, 0) is 11.2 Å². The molecule has 2 aromatic carbocycles. The Kier molecular flexibility index (Phi) is 3.07. The maximum Gasteiger partial charge on any atom is 0.228 e. The molecule has 1 heterocycles. The molecule has 20 heavy (non-hydrogen) atoms. The molecular weight excluding hydrogens is 248 g/mol. The van der Waals surface area contributed by atoms with Crippen LogP contribution in [0.2, 0.25) is 0 Å². The number of fused-ring (bicyclic) bond motifs is 1. The fourth-order valence-electron chi connectivity index (χ4n) is 2.89. The minimum atomic E-state index is -0.219. The fraction of sp³-hybridized carbons (Fsp3) is 0.235. The lowest BCUT2D eigenvalue weighted by molar-refractivity contribution is -0.115. The zero-order valence-electron chi connectivity index (χ0n) is 11.7. The third-order valence-corrected chi connectivity index (χ3v) is 3.87. The summed E-state index contributed by atoms with van der Waals surface area (Å²) in [6.45, 7) is 4.10. The molecule has 0 saturated heterocycles. The second-order valence-electron chi connectivity index (χ2n) is 5.45. The molecule has 1 unspecified atom stereocenters. The Bertz CT molecular complexity index is 691. The SMILES string of the molecule is Cc1cc2c(c(C(N)c3ccccc3C)c1)NC(=O)C2. The largest absolute Gasteiger partial charge is 0.325 e. The molecule has 0 spiro atoms. The molecule has 1 aliphatic rings. The van der Waals surface area contributed by atoms with Crippen LogP contribution in [0, 0.1) is 13.8 Å². The first-order chi connectivity index (χ1) is 9.56. The molecule has 1 amide bonds. The number of hydrogen-bond acceptors (Lipinski definition) is 2. The van der Waals surface area contributed by atoms with Crippen molar-refractivity contribution < 1.29 is 4.79 Å². The predicted molar refractivity (Wildman–Crippen MR) is 80.7 cm³/mol. The number of amides is 1. The number of carbonyl (C=O) groups is 1. The normalized spacial score (nSPS) is 14.8. The van der Waals surface area contributed by atoms with Crippen molar-refractivity contribution in [1.82, 2.24) is 0 Å². The average Bonchev–Trinajstić information content (AvgIpc) is 2.77. The Morgan fingerprint density at radius 3 is 2.65 bits per heavy atom. The van der Waals surface area contributed by atoms with Crippen molar-refractivity contribution in [3.05, 3.63) is 64.2 Å². The lowest BCUT2D eigenvalue weighted by Gasteiger charge is -2.19. The highest BCUT2D eigenvalue weighted by atomic mass is 16.1. The zero-order chi connectivity index (χ0) is 14.3. The van der Waals surface area contributed by atoms with E-state index in [9.17, 15) is 4.79 Å². The molecule has 0 aromatic heterocycles. The third-order valence-electron chi connectivity index (χ3n) is 3.87. The predicted octanol–water partition coefficient (Wildman–Crippen LogP) is 2.85. The van der Waals surface area contributed by atoms with E-state index in [0.717, 1.165) is 27.9 Å². The third kappa shape index (κ3) is 2.10. The summed E-state index contributed by atoms with van der Waals surface area (Å²) in [4.78, 5) is 11.6. The van der Waals surface area contributed by atoms with Gasteiger partial charge in [0.05, 0.1) is 12.5 Å². The van der Waals surface area contributed by atoms with Gasteiger partial charge in [-0.2, -0.15) is 0 Å². The van der Waals surface area contributed by atoms with Crippen LogP contribution in [0.4, 0.5) is 5.69 Å². The smallest absolute Gasteiger partial charge is 0.228 e. The van der Waals surface area contributed by atoms with Crippen molar-refractivity contribution in [2.45, 2.75) is 26.3 Å². The van der Waals surface area contributed by atoms with E-state index in [1.54, 1.807) is 0 Å². The van der Waals surface area contributed by atoms with E-state index in [0.29, 0.717) is 6.42 Å². The highest BCUT2D eigenvalue weighted by Gasteiger charge is 2.24. The van der Waals surface area contributed by atoms with Gasteiger partial charge in [0.2, 0.25) is 5.91 Å². The number of aryl methyl sites for hydroxylation is 2. The van der Waals surface area contributed by atoms with Crippen LogP contribution in [0.25, 0.3) is 0 Å². The van der Waals surface area contributed by atoms with Gasteiger partial charge < -0.3 is 11.1 Å². The van der Waals surface area contributed by atoms with Crippen molar-refractivity contribution in [3.63, 3.8) is 0 Å². The van der Waals surface area contributed by atoms with Gasteiger partial charge in [-0.1, -0.05) is 42.0 Å². The number of carbonyl (C=O) groups excluding carboxylic acids is 1. The molecule has 0 bridgehead atoms. The Hall–Kier alpha value is -2.13. The molecule has 3 N–H and O–H groups in total. The first kappa shape index (κ1) is 12.9. The summed E-state index contributed by atoms with van der Waals surface area (Å²) in [5.74, 6) is 0.0452. The molecule has 3 nitrogen and oxygen atoms in total.